The second-order valence-electron chi connectivity index (χ2n) is 5.67. The van der Waals surface area contributed by atoms with Gasteiger partial charge in [-0.15, -0.1) is 0 Å². The second-order valence-corrected chi connectivity index (χ2v) is 5.67. The third-order valence-corrected chi connectivity index (χ3v) is 3.91. The Morgan fingerprint density at radius 1 is 1.29 bits per heavy atom. The van der Waals surface area contributed by atoms with Gasteiger partial charge in [0.25, 0.3) is 5.56 Å². The maximum atomic E-state index is 11.8. The Labute approximate surface area is 139 Å². The predicted molar refractivity (Wildman–Crippen MR) is 89.3 cm³/mol. The molecule has 126 valence electrons. The Morgan fingerprint density at radius 3 is 2.75 bits per heavy atom. The third-order valence-electron chi connectivity index (χ3n) is 3.91. The average Bonchev–Trinajstić information content (AvgIpc) is 3.07. The van der Waals surface area contributed by atoms with Crippen molar-refractivity contribution >= 4 is 5.78 Å². The molecule has 0 saturated carbocycles. The van der Waals surface area contributed by atoms with Crippen LogP contribution in [0.15, 0.2) is 41.5 Å². The van der Waals surface area contributed by atoms with Gasteiger partial charge in [0.1, 0.15) is 24.8 Å². The molecular formula is C17H20N4O3. The van der Waals surface area contributed by atoms with Gasteiger partial charge in [0, 0.05) is 11.8 Å². The minimum absolute atomic E-state index is 0.150. The Bertz CT molecular complexity index is 883. The van der Waals surface area contributed by atoms with Gasteiger partial charge in [-0.05, 0) is 31.0 Å². The summed E-state index contributed by atoms with van der Waals surface area (Å²) < 4.78 is 8.59. The molecular weight excluding hydrogens is 308 g/mol. The molecule has 0 amide bonds. The van der Waals surface area contributed by atoms with Crippen LogP contribution in [0.4, 0.5) is 0 Å². The van der Waals surface area contributed by atoms with Crippen LogP contribution in [-0.4, -0.2) is 37.0 Å². The van der Waals surface area contributed by atoms with Gasteiger partial charge in [0.15, 0.2) is 0 Å². The van der Waals surface area contributed by atoms with Crippen LogP contribution in [0.5, 0.6) is 5.75 Å². The van der Waals surface area contributed by atoms with E-state index in [1.165, 1.54) is 22.5 Å². The number of nitrogens with zero attached hydrogens (tertiary/aromatic N) is 4. The summed E-state index contributed by atoms with van der Waals surface area (Å²) in [5, 5.41) is 14.2. The van der Waals surface area contributed by atoms with Crippen molar-refractivity contribution in [2.75, 3.05) is 6.61 Å². The van der Waals surface area contributed by atoms with E-state index in [-0.39, 0.29) is 18.7 Å². The molecule has 1 N–H and O–H groups in total. The van der Waals surface area contributed by atoms with E-state index in [0.29, 0.717) is 11.5 Å². The number of aliphatic hydroxyl groups is 1. The zero-order valence-electron chi connectivity index (χ0n) is 13.7. The summed E-state index contributed by atoms with van der Waals surface area (Å²) in [6.07, 6.45) is 1.56. The van der Waals surface area contributed by atoms with Crippen LogP contribution < -0.4 is 10.3 Å². The van der Waals surface area contributed by atoms with E-state index < -0.39 is 6.10 Å². The molecule has 0 bridgehead atoms. The van der Waals surface area contributed by atoms with Crippen molar-refractivity contribution < 1.29 is 9.84 Å². The minimum Gasteiger partial charge on any atom is -0.491 e. The fourth-order valence-electron chi connectivity index (χ4n) is 2.55. The van der Waals surface area contributed by atoms with Crippen molar-refractivity contribution in [2.24, 2.45) is 0 Å². The van der Waals surface area contributed by atoms with Gasteiger partial charge in [0.05, 0.1) is 6.54 Å². The van der Waals surface area contributed by atoms with Crippen molar-refractivity contribution in [2.45, 2.75) is 32.9 Å². The number of hydrogen-bond donors (Lipinski definition) is 1. The van der Waals surface area contributed by atoms with Gasteiger partial charge in [0.2, 0.25) is 5.78 Å². The first-order valence-corrected chi connectivity index (χ1v) is 7.88. The zero-order chi connectivity index (χ0) is 17.1. The van der Waals surface area contributed by atoms with E-state index in [1.807, 2.05) is 24.3 Å². The van der Waals surface area contributed by atoms with Crippen LogP contribution in [0.2, 0.25) is 0 Å². The molecule has 0 aliphatic heterocycles. The largest absolute Gasteiger partial charge is 0.491 e. The Morgan fingerprint density at radius 2 is 2.04 bits per heavy atom. The summed E-state index contributed by atoms with van der Waals surface area (Å²) in [7, 11) is 0. The Kier molecular flexibility index (Phi) is 4.61. The molecule has 0 unspecified atom stereocenters. The molecule has 7 heteroatoms. The predicted octanol–water partition coefficient (Wildman–Crippen LogP) is 1.20. The molecule has 2 aromatic heterocycles. The normalized spacial score (nSPS) is 12.5. The molecule has 0 radical (unpaired) electrons. The standard InChI is InChI=1S/C17H20N4O3/c1-3-13-4-6-15(7-5-13)24-10-14(22)9-20-12(2)8-16(23)21-17(20)18-11-19-21/h4-8,11,14,22H,3,9-10H2,1-2H3/t14-/m0/s1. The summed E-state index contributed by atoms with van der Waals surface area (Å²) in [6.45, 7) is 4.31. The monoisotopic (exact) mass is 328 g/mol. The molecule has 2 heterocycles. The molecule has 0 spiro atoms. The Balaban J connectivity index is 1.69. The molecule has 7 nitrogen and oxygen atoms in total. The van der Waals surface area contributed by atoms with Crippen LogP contribution in [-0.2, 0) is 13.0 Å². The summed E-state index contributed by atoms with van der Waals surface area (Å²) in [5.74, 6) is 1.13. The molecule has 0 fully saturated rings. The van der Waals surface area contributed by atoms with Gasteiger partial charge in [-0.3, -0.25) is 4.79 Å². The number of benzene rings is 1. The van der Waals surface area contributed by atoms with Crippen LogP contribution in [0.25, 0.3) is 5.78 Å². The van der Waals surface area contributed by atoms with Gasteiger partial charge in [-0.1, -0.05) is 19.1 Å². The highest BCUT2D eigenvalue weighted by atomic mass is 16.5. The molecule has 0 aliphatic carbocycles. The number of aliphatic hydroxyl groups excluding tert-OH is 1. The zero-order valence-corrected chi connectivity index (χ0v) is 13.7. The maximum Gasteiger partial charge on any atom is 0.275 e. The molecule has 0 saturated heterocycles. The molecule has 24 heavy (non-hydrogen) atoms. The number of aryl methyl sites for hydroxylation is 2. The van der Waals surface area contributed by atoms with Crippen LogP contribution in [0, 0.1) is 6.92 Å². The molecule has 3 aromatic rings. The lowest BCUT2D eigenvalue weighted by Gasteiger charge is -2.17. The lowest BCUT2D eigenvalue weighted by atomic mass is 10.2. The van der Waals surface area contributed by atoms with Crippen molar-refractivity contribution in [1.29, 1.82) is 0 Å². The van der Waals surface area contributed by atoms with Crippen LogP contribution in [0.1, 0.15) is 18.2 Å². The highest BCUT2D eigenvalue weighted by molar-refractivity contribution is 5.29. The van der Waals surface area contributed by atoms with Crippen molar-refractivity contribution in [1.82, 2.24) is 19.2 Å². The average molecular weight is 328 g/mol. The number of aromatic nitrogens is 4. The maximum absolute atomic E-state index is 11.8. The molecule has 3 rings (SSSR count). The number of fused-ring (bicyclic) bond motifs is 1. The number of ether oxygens (including phenoxy) is 1. The van der Waals surface area contributed by atoms with E-state index >= 15 is 0 Å². The smallest absolute Gasteiger partial charge is 0.275 e. The van der Waals surface area contributed by atoms with Gasteiger partial charge in [-0.25, -0.2) is 0 Å². The highest BCUT2D eigenvalue weighted by Gasteiger charge is 2.13. The van der Waals surface area contributed by atoms with Crippen molar-refractivity contribution in [3.63, 3.8) is 0 Å². The first-order chi connectivity index (χ1) is 11.6. The van der Waals surface area contributed by atoms with Gasteiger partial charge >= 0.3 is 0 Å². The summed E-state index contributed by atoms with van der Waals surface area (Å²) in [5.41, 5.74) is 1.71. The summed E-state index contributed by atoms with van der Waals surface area (Å²) in [6, 6.07) is 9.28. The minimum atomic E-state index is -0.738. The topological polar surface area (TPSA) is 81.7 Å². The van der Waals surface area contributed by atoms with E-state index in [9.17, 15) is 9.90 Å². The van der Waals surface area contributed by atoms with Crippen molar-refractivity contribution in [3.8, 4) is 5.75 Å². The van der Waals surface area contributed by atoms with E-state index in [0.717, 1.165) is 12.2 Å². The quantitative estimate of drug-likeness (QED) is 0.735. The lowest BCUT2D eigenvalue weighted by Crippen LogP contribution is -2.28. The second kappa shape index (κ2) is 6.84. The highest BCUT2D eigenvalue weighted by Crippen LogP contribution is 2.13. The van der Waals surface area contributed by atoms with Crippen LogP contribution >= 0.6 is 0 Å². The lowest BCUT2D eigenvalue weighted by molar-refractivity contribution is 0.0924. The number of rotatable bonds is 6. The fraction of sp³-hybridized carbons (Fsp3) is 0.353. The molecule has 1 aromatic carbocycles. The van der Waals surface area contributed by atoms with E-state index in [1.54, 1.807) is 11.5 Å². The Hall–Kier alpha value is -2.67. The third kappa shape index (κ3) is 3.30. The summed E-state index contributed by atoms with van der Waals surface area (Å²) >= 11 is 0. The van der Waals surface area contributed by atoms with Gasteiger partial charge in [-0.2, -0.15) is 14.6 Å². The first-order valence-electron chi connectivity index (χ1n) is 7.88. The molecule has 1 atom stereocenters. The molecule has 0 aliphatic rings. The fourth-order valence-corrected chi connectivity index (χ4v) is 2.55. The van der Waals surface area contributed by atoms with E-state index in [2.05, 4.69) is 17.0 Å². The number of hydrogen-bond acceptors (Lipinski definition) is 5. The van der Waals surface area contributed by atoms with Crippen molar-refractivity contribution in [3.05, 3.63) is 58.3 Å². The van der Waals surface area contributed by atoms with E-state index in [4.69, 9.17) is 4.74 Å². The van der Waals surface area contributed by atoms with Crippen LogP contribution in [0.3, 0.4) is 0 Å². The SMILES string of the molecule is CCc1ccc(OC[C@@H](O)Cn2c(C)cc(=O)n3ncnc23)cc1. The van der Waals surface area contributed by atoms with Gasteiger partial charge < -0.3 is 14.4 Å². The summed E-state index contributed by atoms with van der Waals surface area (Å²) in [4.78, 5) is 15.9. The first kappa shape index (κ1) is 16.2.